The number of anilines is 1. The number of ether oxygens (including phenoxy) is 1. The summed E-state index contributed by atoms with van der Waals surface area (Å²) < 4.78 is 4.88. The first kappa shape index (κ1) is 20.6. The Morgan fingerprint density at radius 1 is 1.31 bits per heavy atom. The first-order valence-electron chi connectivity index (χ1n) is 9.92. The Kier molecular flexibility index (Phi) is 6.36. The van der Waals surface area contributed by atoms with Crippen LogP contribution in [0.1, 0.15) is 63.9 Å². The molecule has 1 aromatic carbocycles. The highest BCUT2D eigenvalue weighted by atomic mass is 16.5. The van der Waals surface area contributed by atoms with Crippen LogP contribution in [0.3, 0.4) is 0 Å². The minimum Gasteiger partial charge on any atom is -0.465 e. The van der Waals surface area contributed by atoms with Gasteiger partial charge in [0.05, 0.1) is 12.7 Å². The predicted molar refractivity (Wildman–Crippen MR) is 110 cm³/mol. The summed E-state index contributed by atoms with van der Waals surface area (Å²) in [5.74, 6) is -0.583. The van der Waals surface area contributed by atoms with Crippen LogP contribution in [0.2, 0.25) is 0 Å². The number of aromatic amines is 1. The number of nitrogens with zero attached hydrogens (tertiary/aromatic N) is 1. The molecule has 0 radical (unpaired) electrons. The number of methoxy groups -OCH3 is 1. The number of rotatable bonds is 7. The number of H-pyrrole nitrogens is 1. The van der Waals surface area contributed by atoms with Gasteiger partial charge >= 0.3 is 5.97 Å². The number of hydrogen-bond donors (Lipinski definition) is 2. The molecule has 1 aromatic heterocycles. The first-order valence-corrected chi connectivity index (χ1v) is 9.92. The minimum atomic E-state index is -0.446. The van der Waals surface area contributed by atoms with Crippen LogP contribution in [0, 0.1) is 6.92 Å². The van der Waals surface area contributed by atoms with Gasteiger partial charge in [0.1, 0.15) is 5.69 Å². The molecule has 1 saturated heterocycles. The Hall–Kier alpha value is -3.09. The van der Waals surface area contributed by atoms with E-state index >= 15 is 0 Å². The molecule has 2 aromatic rings. The Morgan fingerprint density at radius 3 is 2.76 bits per heavy atom. The third-order valence-electron chi connectivity index (χ3n) is 5.14. The molecule has 1 aliphatic heterocycles. The lowest BCUT2D eigenvalue weighted by Gasteiger charge is -2.16. The Bertz CT molecular complexity index is 932. The van der Waals surface area contributed by atoms with Gasteiger partial charge in [0.15, 0.2) is 0 Å². The van der Waals surface area contributed by atoms with Crippen LogP contribution >= 0.6 is 0 Å². The molecular formula is C22H27N3O4. The zero-order valence-electron chi connectivity index (χ0n) is 17.1. The molecule has 1 fully saturated rings. The van der Waals surface area contributed by atoms with Crippen LogP contribution in [0.25, 0.3) is 0 Å². The highest BCUT2D eigenvalue weighted by Crippen LogP contribution is 2.23. The van der Waals surface area contributed by atoms with E-state index in [-0.39, 0.29) is 11.8 Å². The van der Waals surface area contributed by atoms with E-state index in [0.717, 1.165) is 24.9 Å². The molecule has 2 N–H and O–H groups in total. The van der Waals surface area contributed by atoms with Gasteiger partial charge in [-0.3, -0.25) is 9.59 Å². The van der Waals surface area contributed by atoms with Gasteiger partial charge in [-0.2, -0.15) is 0 Å². The van der Waals surface area contributed by atoms with Crippen LogP contribution in [-0.4, -0.2) is 41.3 Å². The van der Waals surface area contributed by atoms with Crippen LogP contribution in [0.4, 0.5) is 5.69 Å². The predicted octanol–water partition coefficient (Wildman–Crippen LogP) is 3.44. The van der Waals surface area contributed by atoms with Crippen molar-refractivity contribution in [2.75, 3.05) is 19.0 Å². The smallest absolute Gasteiger partial charge is 0.339 e. The minimum absolute atomic E-state index is 0.167. The second-order valence-electron chi connectivity index (χ2n) is 7.29. The number of likely N-dealkylation sites (tertiary alicyclic amines) is 1. The van der Waals surface area contributed by atoms with E-state index in [0.29, 0.717) is 47.6 Å². The molecule has 154 valence electrons. The second kappa shape index (κ2) is 8.94. The molecule has 2 amide bonds. The molecule has 0 aliphatic carbocycles. The van der Waals surface area contributed by atoms with Crippen molar-refractivity contribution in [2.45, 2.75) is 46.1 Å². The average Bonchev–Trinajstić information content (AvgIpc) is 3.25. The summed E-state index contributed by atoms with van der Waals surface area (Å²) in [6, 6.07) is 7.49. The van der Waals surface area contributed by atoms with E-state index in [1.165, 1.54) is 7.11 Å². The SMILES string of the molecule is CCCc1c(C(=O)Nc2cccc(CN3CCCC3=O)c2)[nH]c(C)c1C(=O)OC. The highest BCUT2D eigenvalue weighted by molar-refractivity contribution is 6.07. The zero-order valence-corrected chi connectivity index (χ0v) is 17.1. The number of aryl methyl sites for hydroxylation is 1. The van der Waals surface area contributed by atoms with E-state index in [1.54, 1.807) is 6.92 Å². The van der Waals surface area contributed by atoms with Crippen molar-refractivity contribution in [3.63, 3.8) is 0 Å². The highest BCUT2D eigenvalue weighted by Gasteiger charge is 2.25. The van der Waals surface area contributed by atoms with Crippen LogP contribution in [-0.2, 0) is 22.5 Å². The fourth-order valence-corrected chi connectivity index (χ4v) is 3.78. The Balaban J connectivity index is 1.81. The molecule has 1 aliphatic rings. The summed E-state index contributed by atoms with van der Waals surface area (Å²) in [7, 11) is 1.33. The van der Waals surface area contributed by atoms with Crippen LogP contribution < -0.4 is 5.32 Å². The fourth-order valence-electron chi connectivity index (χ4n) is 3.78. The summed E-state index contributed by atoms with van der Waals surface area (Å²) in [5.41, 5.74) is 3.71. The average molecular weight is 397 g/mol. The molecule has 0 unspecified atom stereocenters. The lowest BCUT2D eigenvalue weighted by molar-refractivity contribution is -0.128. The number of carbonyl (C=O) groups excluding carboxylic acids is 3. The van der Waals surface area contributed by atoms with Gasteiger partial charge in [-0.1, -0.05) is 25.5 Å². The van der Waals surface area contributed by atoms with E-state index in [9.17, 15) is 14.4 Å². The standard InChI is InChI=1S/C22H27N3O4/c1-4-7-17-19(22(28)29-3)14(2)23-20(17)21(27)24-16-9-5-8-15(12-16)13-25-11-6-10-18(25)26/h5,8-9,12,23H,4,6-7,10-11,13H2,1-3H3,(H,24,27). The van der Waals surface area contributed by atoms with Gasteiger partial charge in [0, 0.05) is 30.9 Å². The van der Waals surface area contributed by atoms with Crippen molar-refractivity contribution in [2.24, 2.45) is 0 Å². The Morgan fingerprint density at radius 2 is 2.10 bits per heavy atom. The maximum Gasteiger partial charge on any atom is 0.339 e. The van der Waals surface area contributed by atoms with Gasteiger partial charge in [-0.05, 0) is 43.0 Å². The number of nitrogens with one attached hydrogen (secondary N) is 2. The van der Waals surface area contributed by atoms with Crippen molar-refractivity contribution in [3.05, 3.63) is 52.3 Å². The van der Waals surface area contributed by atoms with Crippen molar-refractivity contribution in [3.8, 4) is 0 Å². The van der Waals surface area contributed by atoms with Crippen molar-refractivity contribution >= 4 is 23.5 Å². The number of benzene rings is 1. The van der Waals surface area contributed by atoms with Crippen molar-refractivity contribution in [1.29, 1.82) is 0 Å². The summed E-state index contributed by atoms with van der Waals surface area (Å²) in [6.45, 7) is 5.07. The molecule has 0 saturated carbocycles. The van der Waals surface area contributed by atoms with Gasteiger partial charge in [0.2, 0.25) is 5.91 Å². The quantitative estimate of drug-likeness (QED) is 0.700. The fraction of sp³-hybridized carbons (Fsp3) is 0.409. The normalized spacial score (nSPS) is 13.6. The summed E-state index contributed by atoms with van der Waals surface area (Å²) in [6.07, 6.45) is 2.88. The molecule has 3 rings (SSSR count). The molecule has 0 spiro atoms. The number of aromatic nitrogens is 1. The number of carbonyl (C=O) groups is 3. The third-order valence-corrected chi connectivity index (χ3v) is 5.14. The van der Waals surface area contributed by atoms with E-state index in [2.05, 4.69) is 10.3 Å². The topological polar surface area (TPSA) is 91.5 Å². The number of amides is 2. The van der Waals surface area contributed by atoms with Gasteiger partial charge in [0.25, 0.3) is 5.91 Å². The van der Waals surface area contributed by atoms with E-state index < -0.39 is 5.97 Å². The molecule has 0 bridgehead atoms. The molecule has 29 heavy (non-hydrogen) atoms. The molecule has 7 heteroatoms. The van der Waals surface area contributed by atoms with Crippen molar-refractivity contribution < 1.29 is 19.1 Å². The van der Waals surface area contributed by atoms with Gasteiger partial charge in [-0.25, -0.2) is 4.79 Å². The molecule has 0 atom stereocenters. The van der Waals surface area contributed by atoms with E-state index in [1.807, 2.05) is 36.1 Å². The van der Waals surface area contributed by atoms with Gasteiger partial charge in [-0.15, -0.1) is 0 Å². The third kappa shape index (κ3) is 4.50. The molecular weight excluding hydrogens is 370 g/mol. The second-order valence-corrected chi connectivity index (χ2v) is 7.29. The first-order chi connectivity index (χ1) is 13.9. The monoisotopic (exact) mass is 397 g/mol. The molecule has 2 heterocycles. The Labute approximate surface area is 170 Å². The molecule has 7 nitrogen and oxygen atoms in total. The van der Waals surface area contributed by atoms with Crippen LogP contribution in [0.15, 0.2) is 24.3 Å². The number of esters is 1. The lowest BCUT2D eigenvalue weighted by atomic mass is 10.0. The van der Waals surface area contributed by atoms with E-state index in [4.69, 9.17) is 4.74 Å². The van der Waals surface area contributed by atoms with Crippen molar-refractivity contribution in [1.82, 2.24) is 9.88 Å². The summed E-state index contributed by atoms with van der Waals surface area (Å²) in [4.78, 5) is 41.8. The zero-order chi connectivity index (χ0) is 21.0. The number of hydrogen-bond acceptors (Lipinski definition) is 4. The maximum atomic E-state index is 12.9. The summed E-state index contributed by atoms with van der Waals surface area (Å²) >= 11 is 0. The van der Waals surface area contributed by atoms with Gasteiger partial charge < -0.3 is 19.9 Å². The largest absolute Gasteiger partial charge is 0.465 e. The lowest BCUT2D eigenvalue weighted by Crippen LogP contribution is -2.23. The summed E-state index contributed by atoms with van der Waals surface area (Å²) in [5, 5.41) is 2.91. The van der Waals surface area contributed by atoms with Crippen LogP contribution in [0.5, 0.6) is 0 Å². The maximum absolute atomic E-state index is 12.9.